The normalized spacial score (nSPS) is 16.0. The van der Waals surface area contributed by atoms with Crippen LogP contribution in [0.2, 0.25) is 0 Å². The van der Waals surface area contributed by atoms with E-state index in [1.54, 1.807) is 24.7 Å². The fraction of sp³-hybridized carbons (Fsp3) is 0.517. The first-order valence-corrected chi connectivity index (χ1v) is 14.5. The molecule has 0 aliphatic carbocycles. The van der Waals surface area contributed by atoms with E-state index >= 15 is 0 Å². The molecular weight excluding hydrogens is 527 g/mol. The molecule has 4 heterocycles. The molecule has 2 aromatic heterocycles. The third-order valence-corrected chi connectivity index (χ3v) is 7.41. The van der Waals surface area contributed by atoms with Crippen molar-refractivity contribution in [2.75, 3.05) is 77.6 Å². The lowest BCUT2D eigenvalue weighted by atomic mass is 10.0. The Morgan fingerprint density at radius 3 is 2.27 bits per heavy atom. The van der Waals surface area contributed by atoms with E-state index in [-0.39, 0.29) is 17.6 Å². The van der Waals surface area contributed by atoms with E-state index in [1.165, 1.54) is 6.33 Å². The Morgan fingerprint density at radius 2 is 1.70 bits per heavy atom. The van der Waals surface area contributed by atoms with Crippen LogP contribution in [0.1, 0.15) is 29.8 Å². The molecule has 0 bridgehead atoms. The maximum Gasteiger partial charge on any atom is 0.343 e. The summed E-state index contributed by atoms with van der Waals surface area (Å²) >= 11 is 0. The highest BCUT2D eigenvalue weighted by atomic mass is 31.0. The Bertz CT molecular complexity index is 1260. The first-order chi connectivity index (χ1) is 19.4. The van der Waals surface area contributed by atoms with Gasteiger partial charge in [0.15, 0.2) is 0 Å². The predicted molar refractivity (Wildman–Crippen MR) is 164 cm³/mol. The van der Waals surface area contributed by atoms with Crippen LogP contribution in [0, 0.1) is 6.92 Å². The molecule has 1 aromatic carbocycles. The average molecular weight is 571 g/mol. The third-order valence-electron chi connectivity index (χ3n) is 6.96. The van der Waals surface area contributed by atoms with Crippen LogP contribution in [-0.2, 0) is 16.5 Å². The average Bonchev–Trinajstić information content (AvgIpc) is 2.98. The number of pyridine rings is 1. The van der Waals surface area contributed by atoms with E-state index < -0.39 is 5.97 Å². The Hall–Kier alpha value is -2.91. The summed E-state index contributed by atoms with van der Waals surface area (Å²) < 4.78 is 12.7. The summed E-state index contributed by atoms with van der Waals surface area (Å²) in [6.45, 7) is 14.0. The van der Waals surface area contributed by atoms with Gasteiger partial charge in [0.25, 0.3) is 0 Å². The van der Waals surface area contributed by atoms with E-state index in [9.17, 15) is 9.59 Å². The molecule has 11 heteroatoms. The van der Waals surface area contributed by atoms with Crippen LogP contribution in [0.25, 0.3) is 10.9 Å². The van der Waals surface area contributed by atoms with Crippen molar-refractivity contribution in [1.29, 1.82) is 0 Å². The second-order valence-electron chi connectivity index (χ2n) is 9.60. The lowest BCUT2D eigenvalue weighted by Crippen LogP contribution is -2.46. The van der Waals surface area contributed by atoms with Gasteiger partial charge >= 0.3 is 5.97 Å². The Labute approximate surface area is 239 Å². The molecule has 1 unspecified atom stereocenters. The van der Waals surface area contributed by atoms with Crippen LogP contribution >= 0.6 is 9.24 Å². The number of aromatic nitrogens is 3. The van der Waals surface area contributed by atoms with Gasteiger partial charge in [0.1, 0.15) is 18.5 Å². The SMILES string of the molecule is CC.Cc1c(N2CCN(C)CC2)c(P)cc2c(=O)c(C(=O)OCCN3CCOCC3)cn(C)c12.c1cncnc1. The van der Waals surface area contributed by atoms with Crippen molar-refractivity contribution in [2.45, 2.75) is 20.8 Å². The smallest absolute Gasteiger partial charge is 0.343 e. The number of hydrogen-bond donors (Lipinski definition) is 0. The number of anilines is 1. The van der Waals surface area contributed by atoms with Crippen molar-refractivity contribution in [3.05, 3.63) is 58.4 Å². The second-order valence-corrected chi connectivity index (χ2v) is 10.2. The number of rotatable bonds is 5. The maximum atomic E-state index is 13.3. The highest BCUT2D eigenvalue weighted by Gasteiger charge is 2.23. The Balaban J connectivity index is 0.000000481. The molecule has 40 heavy (non-hydrogen) atoms. The van der Waals surface area contributed by atoms with Gasteiger partial charge in [0, 0.05) is 82.5 Å². The first kappa shape index (κ1) is 31.6. The van der Waals surface area contributed by atoms with Crippen LogP contribution in [0.5, 0.6) is 0 Å². The Kier molecular flexibility index (Phi) is 12.5. The molecule has 0 saturated carbocycles. The summed E-state index contributed by atoms with van der Waals surface area (Å²) in [6, 6.07) is 3.67. The lowest BCUT2D eigenvalue weighted by Gasteiger charge is -2.36. The molecule has 2 fully saturated rings. The van der Waals surface area contributed by atoms with E-state index in [0.29, 0.717) is 25.1 Å². The number of ether oxygens (including phenoxy) is 2. The maximum absolute atomic E-state index is 13.3. The van der Waals surface area contributed by atoms with Gasteiger partial charge in [-0.2, -0.15) is 0 Å². The fourth-order valence-electron chi connectivity index (χ4n) is 4.93. The number of carbonyl (C=O) groups is 1. The van der Waals surface area contributed by atoms with E-state index in [2.05, 4.69) is 47.9 Å². The summed E-state index contributed by atoms with van der Waals surface area (Å²) in [4.78, 5) is 40.2. The standard InChI is InChI=1S/C23H33N4O4P.C4H4N2.C2H6/c1-16-20-17(14-19(32)21(16)27-6-4-24(2)5-7-27)22(28)18(15-25(20)3)23(29)31-13-10-26-8-11-30-12-9-26;1-2-5-4-6-3-1;1-2/h14-15H,4-13,32H2,1-3H3;1-4H;1-2H3. The number of morpholine rings is 1. The first-order valence-electron chi connectivity index (χ1n) is 13.9. The van der Waals surface area contributed by atoms with Crippen LogP contribution < -0.4 is 15.6 Å². The summed E-state index contributed by atoms with van der Waals surface area (Å²) in [5, 5.41) is 1.53. The summed E-state index contributed by atoms with van der Waals surface area (Å²) in [5.41, 5.74) is 2.89. The van der Waals surface area contributed by atoms with Gasteiger partial charge in [-0.25, -0.2) is 14.8 Å². The van der Waals surface area contributed by atoms with Gasteiger partial charge < -0.3 is 23.8 Å². The monoisotopic (exact) mass is 570 g/mol. The molecule has 2 saturated heterocycles. The molecule has 10 nitrogen and oxygen atoms in total. The zero-order valence-electron chi connectivity index (χ0n) is 24.4. The topological polar surface area (TPSA) is 93.0 Å². The van der Waals surface area contributed by atoms with Crippen LogP contribution in [0.15, 0.2) is 41.8 Å². The predicted octanol–water partition coefficient (Wildman–Crippen LogP) is 2.09. The van der Waals surface area contributed by atoms with Crippen LogP contribution in [0.4, 0.5) is 5.69 Å². The molecule has 0 amide bonds. The molecule has 1 atom stereocenters. The molecular formula is C29H43N6O4P. The summed E-state index contributed by atoms with van der Waals surface area (Å²) in [7, 11) is 6.80. The van der Waals surface area contributed by atoms with Gasteiger partial charge in [-0.05, 0) is 37.0 Å². The van der Waals surface area contributed by atoms with Crippen molar-refractivity contribution < 1.29 is 14.3 Å². The molecule has 0 N–H and O–H groups in total. The Morgan fingerprint density at radius 1 is 1.05 bits per heavy atom. The number of benzene rings is 1. The van der Waals surface area contributed by atoms with Gasteiger partial charge in [0.2, 0.25) is 5.43 Å². The van der Waals surface area contributed by atoms with Gasteiger partial charge in [-0.1, -0.05) is 13.8 Å². The molecule has 2 aliphatic heterocycles. The fourth-order valence-corrected chi connectivity index (χ4v) is 5.50. The highest BCUT2D eigenvalue weighted by molar-refractivity contribution is 7.28. The largest absolute Gasteiger partial charge is 0.461 e. The highest BCUT2D eigenvalue weighted by Crippen LogP contribution is 2.28. The number of piperazine rings is 1. The van der Waals surface area contributed by atoms with Crippen molar-refractivity contribution >= 4 is 37.1 Å². The van der Waals surface area contributed by atoms with Gasteiger partial charge in [-0.3, -0.25) is 9.69 Å². The van der Waals surface area contributed by atoms with E-state index in [4.69, 9.17) is 9.47 Å². The quantitative estimate of drug-likeness (QED) is 0.338. The van der Waals surface area contributed by atoms with Crippen LogP contribution in [0.3, 0.4) is 0 Å². The van der Waals surface area contributed by atoms with E-state index in [0.717, 1.165) is 61.3 Å². The second kappa shape index (κ2) is 15.8. The van der Waals surface area contributed by atoms with Crippen molar-refractivity contribution in [3.63, 3.8) is 0 Å². The van der Waals surface area contributed by atoms with Crippen molar-refractivity contribution in [3.8, 4) is 0 Å². The number of carbonyl (C=O) groups excluding carboxylic acids is 1. The molecule has 3 aromatic rings. The minimum Gasteiger partial charge on any atom is -0.461 e. The number of aryl methyl sites for hydroxylation is 2. The van der Waals surface area contributed by atoms with Gasteiger partial charge in [-0.15, -0.1) is 9.24 Å². The zero-order chi connectivity index (χ0) is 29.1. The molecule has 5 rings (SSSR count). The van der Waals surface area contributed by atoms with Crippen molar-refractivity contribution in [1.82, 2.24) is 24.3 Å². The number of fused-ring (bicyclic) bond motifs is 1. The summed E-state index contributed by atoms with van der Waals surface area (Å²) in [6.07, 6.45) is 6.49. The lowest BCUT2D eigenvalue weighted by molar-refractivity contribution is 0.0195. The number of nitrogens with zero attached hydrogens (tertiary/aromatic N) is 6. The van der Waals surface area contributed by atoms with Gasteiger partial charge in [0.05, 0.1) is 18.7 Å². The summed E-state index contributed by atoms with van der Waals surface area (Å²) in [5.74, 6) is -0.563. The molecule has 218 valence electrons. The molecule has 2 aliphatic rings. The molecule has 0 radical (unpaired) electrons. The van der Waals surface area contributed by atoms with Crippen molar-refractivity contribution in [2.24, 2.45) is 7.05 Å². The zero-order valence-corrected chi connectivity index (χ0v) is 25.6. The number of hydrogen-bond acceptors (Lipinski definition) is 9. The third kappa shape index (κ3) is 8.07. The van der Waals surface area contributed by atoms with Crippen LogP contribution in [-0.4, -0.2) is 103 Å². The molecule has 0 spiro atoms. The number of esters is 1. The minimum absolute atomic E-state index is 0.0816. The minimum atomic E-state index is -0.563. The number of likely N-dealkylation sites (N-methyl/N-ethyl adjacent to an activating group) is 1. The van der Waals surface area contributed by atoms with E-state index in [1.807, 2.05) is 31.5 Å².